The molecule has 0 saturated carbocycles. The molecule has 98 valence electrons. The van der Waals surface area contributed by atoms with Crippen molar-refractivity contribution in [1.29, 1.82) is 0 Å². The lowest BCUT2D eigenvalue weighted by Gasteiger charge is -2.24. The van der Waals surface area contributed by atoms with Crippen molar-refractivity contribution in [1.82, 2.24) is 20.0 Å². The van der Waals surface area contributed by atoms with Gasteiger partial charge in [-0.1, -0.05) is 18.8 Å². The van der Waals surface area contributed by atoms with Crippen LogP contribution in [0.1, 0.15) is 24.6 Å². The summed E-state index contributed by atoms with van der Waals surface area (Å²) >= 11 is 0. The monoisotopic (exact) mass is 246 g/mol. The van der Waals surface area contributed by atoms with Crippen molar-refractivity contribution in [3.63, 3.8) is 0 Å². The van der Waals surface area contributed by atoms with Gasteiger partial charge in [-0.15, -0.1) is 0 Å². The predicted octanol–water partition coefficient (Wildman–Crippen LogP) is 0.858. The van der Waals surface area contributed by atoms with Crippen LogP contribution in [-0.4, -0.2) is 47.4 Å². The highest BCUT2D eigenvalue weighted by Crippen LogP contribution is 2.05. The van der Waals surface area contributed by atoms with E-state index in [1.54, 1.807) is 0 Å². The zero-order valence-electron chi connectivity index (χ0n) is 11.4. The molecule has 1 N–H and O–H groups in total. The van der Waals surface area contributed by atoms with Crippen LogP contribution in [0.25, 0.3) is 0 Å². The minimum atomic E-state index is 0.861. The van der Waals surface area contributed by atoms with Crippen LogP contribution in [0.3, 0.4) is 0 Å². The van der Waals surface area contributed by atoms with E-state index in [1.165, 1.54) is 5.69 Å². The first-order valence-corrected chi connectivity index (χ1v) is 6.75. The lowest BCUT2D eigenvalue weighted by molar-refractivity contribution is 0.268. The molecular formula is C14H22N4. The number of aromatic nitrogens is 2. The van der Waals surface area contributed by atoms with Gasteiger partial charge in [0.25, 0.3) is 0 Å². The lowest BCUT2D eigenvalue weighted by Crippen LogP contribution is -2.43. The molecule has 2 rings (SSSR count). The smallest absolute Gasteiger partial charge is 0.0655 e. The predicted molar refractivity (Wildman–Crippen MR) is 73.4 cm³/mol. The summed E-state index contributed by atoms with van der Waals surface area (Å²) in [5.74, 6) is 6.51. The summed E-state index contributed by atoms with van der Waals surface area (Å²) < 4.78 is 2.04. The van der Waals surface area contributed by atoms with Gasteiger partial charge in [0.15, 0.2) is 0 Å². The fourth-order valence-electron chi connectivity index (χ4n) is 2.12. The zero-order valence-corrected chi connectivity index (χ0v) is 11.4. The average molecular weight is 246 g/mol. The molecule has 0 amide bonds. The van der Waals surface area contributed by atoms with Crippen LogP contribution in [0, 0.1) is 18.8 Å². The van der Waals surface area contributed by atoms with E-state index in [-0.39, 0.29) is 0 Å². The second kappa shape index (κ2) is 6.58. The Morgan fingerprint density at radius 1 is 1.39 bits per heavy atom. The Morgan fingerprint density at radius 2 is 2.17 bits per heavy atom. The Hall–Kier alpha value is -1.31. The molecule has 0 aliphatic carbocycles. The molecule has 0 radical (unpaired) electrons. The number of piperazine rings is 1. The highest BCUT2D eigenvalue weighted by molar-refractivity contribution is 5.36. The van der Waals surface area contributed by atoms with Gasteiger partial charge < -0.3 is 5.32 Å². The molecule has 2 heterocycles. The van der Waals surface area contributed by atoms with E-state index in [1.807, 2.05) is 10.9 Å². The van der Waals surface area contributed by atoms with Crippen molar-refractivity contribution in [2.24, 2.45) is 0 Å². The molecule has 0 unspecified atom stereocenters. The van der Waals surface area contributed by atoms with E-state index in [0.717, 1.165) is 51.3 Å². The second-order valence-corrected chi connectivity index (χ2v) is 4.69. The summed E-state index contributed by atoms with van der Waals surface area (Å²) in [7, 11) is 0. The summed E-state index contributed by atoms with van der Waals surface area (Å²) in [6, 6.07) is 0. The van der Waals surface area contributed by atoms with Gasteiger partial charge in [0.2, 0.25) is 0 Å². The summed E-state index contributed by atoms with van der Waals surface area (Å²) in [5, 5.41) is 7.71. The van der Waals surface area contributed by atoms with E-state index < -0.39 is 0 Å². The molecule has 1 aliphatic heterocycles. The van der Waals surface area contributed by atoms with Crippen molar-refractivity contribution in [2.75, 3.05) is 32.7 Å². The lowest BCUT2D eigenvalue weighted by atomic mass is 10.2. The third-order valence-corrected chi connectivity index (χ3v) is 3.27. The van der Waals surface area contributed by atoms with E-state index in [0.29, 0.717) is 0 Å². The van der Waals surface area contributed by atoms with E-state index in [9.17, 15) is 0 Å². The summed E-state index contributed by atoms with van der Waals surface area (Å²) in [4.78, 5) is 2.38. The quantitative estimate of drug-likeness (QED) is 0.803. The number of nitrogens with one attached hydrogen (secondary N) is 1. The largest absolute Gasteiger partial charge is 0.314 e. The van der Waals surface area contributed by atoms with Crippen molar-refractivity contribution < 1.29 is 0 Å². The summed E-state index contributed by atoms with van der Waals surface area (Å²) in [6.07, 6.45) is 2.99. The van der Waals surface area contributed by atoms with Gasteiger partial charge in [-0.25, -0.2) is 0 Å². The Balaban J connectivity index is 1.92. The minimum absolute atomic E-state index is 0.861. The van der Waals surface area contributed by atoms with Crippen LogP contribution in [0.4, 0.5) is 0 Å². The molecule has 0 atom stereocenters. The van der Waals surface area contributed by atoms with Crippen LogP contribution in [0.15, 0.2) is 6.20 Å². The maximum Gasteiger partial charge on any atom is 0.0655 e. The van der Waals surface area contributed by atoms with Crippen LogP contribution < -0.4 is 5.32 Å². The molecule has 4 heteroatoms. The molecule has 1 saturated heterocycles. The molecular weight excluding hydrogens is 224 g/mol. The number of nitrogens with zero attached hydrogens (tertiary/aromatic N) is 3. The van der Waals surface area contributed by atoms with E-state index >= 15 is 0 Å². The van der Waals surface area contributed by atoms with Crippen molar-refractivity contribution in [2.45, 2.75) is 26.8 Å². The van der Waals surface area contributed by atoms with E-state index in [2.05, 4.69) is 41.0 Å². The van der Waals surface area contributed by atoms with Crippen LogP contribution in [0.5, 0.6) is 0 Å². The molecule has 0 aromatic carbocycles. The van der Waals surface area contributed by atoms with Crippen molar-refractivity contribution >= 4 is 0 Å². The maximum absolute atomic E-state index is 4.36. The average Bonchev–Trinajstić information content (AvgIpc) is 2.73. The highest BCUT2D eigenvalue weighted by Gasteiger charge is 2.07. The number of aryl methyl sites for hydroxylation is 1. The molecule has 0 bridgehead atoms. The molecule has 1 aromatic heterocycles. The molecule has 1 fully saturated rings. The van der Waals surface area contributed by atoms with Crippen LogP contribution in [-0.2, 0) is 6.54 Å². The van der Waals surface area contributed by atoms with Gasteiger partial charge in [0, 0.05) is 32.7 Å². The first kappa shape index (κ1) is 13.1. The van der Waals surface area contributed by atoms with Crippen molar-refractivity contribution in [3.8, 4) is 11.8 Å². The minimum Gasteiger partial charge on any atom is -0.314 e. The normalized spacial score (nSPS) is 16.3. The Kier molecular flexibility index (Phi) is 4.80. The Labute approximate surface area is 109 Å². The maximum atomic E-state index is 4.36. The topological polar surface area (TPSA) is 33.1 Å². The fraction of sp³-hybridized carbons (Fsp3) is 0.643. The molecule has 18 heavy (non-hydrogen) atoms. The van der Waals surface area contributed by atoms with Crippen molar-refractivity contribution in [3.05, 3.63) is 17.5 Å². The first-order chi connectivity index (χ1) is 8.81. The first-order valence-electron chi connectivity index (χ1n) is 6.75. The van der Waals surface area contributed by atoms with E-state index in [4.69, 9.17) is 0 Å². The SMILES string of the molecule is CCCn1ncc(C#CCN2CCNCC2)c1C. The third-order valence-electron chi connectivity index (χ3n) is 3.27. The Morgan fingerprint density at radius 3 is 2.89 bits per heavy atom. The summed E-state index contributed by atoms with van der Waals surface area (Å²) in [6.45, 7) is 10.5. The standard InChI is InChI=1S/C14H22N4/c1-3-8-18-13(2)14(12-16-18)5-4-9-17-10-6-15-7-11-17/h12,15H,3,6-11H2,1-2H3. The van der Waals surface area contributed by atoms with Gasteiger partial charge in [-0.05, 0) is 13.3 Å². The molecule has 1 aliphatic rings. The molecule has 1 aromatic rings. The van der Waals surface area contributed by atoms with Gasteiger partial charge in [0.1, 0.15) is 0 Å². The van der Waals surface area contributed by atoms with Gasteiger partial charge in [-0.3, -0.25) is 9.58 Å². The number of hydrogen-bond donors (Lipinski definition) is 1. The number of rotatable bonds is 3. The van der Waals surface area contributed by atoms with Gasteiger partial charge >= 0.3 is 0 Å². The Bertz CT molecular complexity index is 432. The fourth-order valence-corrected chi connectivity index (χ4v) is 2.12. The zero-order chi connectivity index (χ0) is 12.8. The number of hydrogen-bond acceptors (Lipinski definition) is 3. The van der Waals surface area contributed by atoms with Crippen LogP contribution in [0.2, 0.25) is 0 Å². The van der Waals surface area contributed by atoms with Gasteiger partial charge in [0.05, 0.1) is 24.0 Å². The summed E-state index contributed by atoms with van der Waals surface area (Å²) in [5.41, 5.74) is 2.25. The second-order valence-electron chi connectivity index (χ2n) is 4.69. The molecule has 4 nitrogen and oxygen atoms in total. The molecule has 0 spiro atoms. The van der Waals surface area contributed by atoms with Crippen LogP contribution >= 0.6 is 0 Å². The van der Waals surface area contributed by atoms with Gasteiger partial charge in [-0.2, -0.15) is 5.10 Å². The highest BCUT2D eigenvalue weighted by atomic mass is 15.3. The third kappa shape index (κ3) is 3.34.